The van der Waals surface area contributed by atoms with Gasteiger partial charge in [-0.2, -0.15) is 0 Å². The van der Waals surface area contributed by atoms with E-state index in [1.165, 1.54) is 0 Å². The van der Waals surface area contributed by atoms with E-state index < -0.39 is 11.7 Å². The van der Waals surface area contributed by atoms with Crippen LogP contribution in [0.25, 0.3) is 0 Å². The van der Waals surface area contributed by atoms with E-state index in [0.717, 1.165) is 24.2 Å². The number of amides is 3. The number of nitrogens with one attached hydrogen (secondary N) is 3. The summed E-state index contributed by atoms with van der Waals surface area (Å²) in [6, 6.07) is 17.1. The van der Waals surface area contributed by atoms with Crippen molar-refractivity contribution in [2.45, 2.75) is 39.2 Å². The zero-order valence-corrected chi connectivity index (χ0v) is 20.1. The molecule has 1 aliphatic rings. The second-order valence-corrected chi connectivity index (χ2v) is 9.35. The van der Waals surface area contributed by atoms with Crippen LogP contribution in [0.3, 0.4) is 0 Å². The summed E-state index contributed by atoms with van der Waals surface area (Å²) >= 11 is 0. The molecule has 3 N–H and O–H groups in total. The number of carbonyl (C=O) groups excluding carboxylic acids is 3. The number of alkyl carbamates (subject to hydrolysis) is 1. The van der Waals surface area contributed by atoms with Gasteiger partial charge in [0, 0.05) is 31.9 Å². The van der Waals surface area contributed by atoms with Crippen molar-refractivity contribution in [2.24, 2.45) is 5.92 Å². The molecule has 2 aromatic rings. The lowest BCUT2D eigenvalue weighted by atomic mass is 9.96. The molecule has 0 aliphatic carbocycles. The zero-order chi connectivity index (χ0) is 24.6. The van der Waals surface area contributed by atoms with Crippen LogP contribution in [0, 0.1) is 5.92 Å². The predicted molar refractivity (Wildman–Crippen MR) is 132 cm³/mol. The average Bonchev–Trinajstić information content (AvgIpc) is 2.81. The number of piperidine rings is 1. The molecular formula is C26H34N4O4. The van der Waals surface area contributed by atoms with Crippen LogP contribution in [0.4, 0.5) is 16.2 Å². The molecule has 1 heterocycles. The maximum Gasteiger partial charge on any atom is 0.407 e. The summed E-state index contributed by atoms with van der Waals surface area (Å²) in [7, 11) is 0. The fourth-order valence-corrected chi connectivity index (χ4v) is 3.81. The molecule has 0 aromatic heterocycles. The molecule has 1 aliphatic heterocycles. The number of nitrogens with zero attached hydrogens (tertiary/aromatic N) is 1. The van der Waals surface area contributed by atoms with Crippen molar-refractivity contribution in [3.8, 4) is 0 Å². The van der Waals surface area contributed by atoms with E-state index in [1.807, 2.05) is 48.5 Å². The number of rotatable bonds is 7. The summed E-state index contributed by atoms with van der Waals surface area (Å²) in [5, 5.41) is 8.79. The SMILES string of the molecule is CC(C)(C)OC(=O)NCCNC(=O)C1CCCN(C(=O)c2ccccc2Nc2ccccc2)C1. The van der Waals surface area contributed by atoms with E-state index in [1.54, 1.807) is 31.7 Å². The van der Waals surface area contributed by atoms with Crippen molar-refractivity contribution >= 4 is 29.3 Å². The third-order valence-electron chi connectivity index (χ3n) is 5.38. The van der Waals surface area contributed by atoms with Crippen LogP contribution in [0.2, 0.25) is 0 Å². The molecule has 0 spiro atoms. The third-order valence-corrected chi connectivity index (χ3v) is 5.38. The van der Waals surface area contributed by atoms with Crippen LogP contribution < -0.4 is 16.0 Å². The minimum absolute atomic E-state index is 0.0943. The molecule has 1 atom stereocenters. The Labute approximate surface area is 201 Å². The number of hydrogen-bond donors (Lipinski definition) is 3. The fourth-order valence-electron chi connectivity index (χ4n) is 3.81. The van der Waals surface area contributed by atoms with Crippen LogP contribution in [0.1, 0.15) is 44.0 Å². The Morgan fingerprint density at radius 3 is 2.38 bits per heavy atom. The lowest BCUT2D eigenvalue weighted by molar-refractivity contribution is -0.126. The number of anilines is 2. The molecule has 8 heteroatoms. The highest BCUT2D eigenvalue weighted by Crippen LogP contribution is 2.25. The second kappa shape index (κ2) is 11.5. The number of benzene rings is 2. The standard InChI is InChI=1S/C26H34N4O4/c1-26(2,3)34-25(33)28-16-15-27-23(31)19-10-9-17-30(18-19)24(32)21-13-7-8-14-22(21)29-20-11-5-4-6-12-20/h4-8,11-14,19,29H,9-10,15-18H2,1-3H3,(H,27,31)(H,28,33). The topological polar surface area (TPSA) is 99.8 Å². The van der Waals surface area contributed by atoms with Gasteiger partial charge in [-0.1, -0.05) is 30.3 Å². The number of ether oxygens (including phenoxy) is 1. The number of likely N-dealkylation sites (tertiary alicyclic amines) is 1. The minimum Gasteiger partial charge on any atom is -0.444 e. The first-order valence-electron chi connectivity index (χ1n) is 11.7. The summed E-state index contributed by atoms with van der Waals surface area (Å²) in [6.07, 6.45) is 0.965. The van der Waals surface area contributed by atoms with Gasteiger partial charge in [0.1, 0.15) is 5.60 Å². The largest absolute Gasteiger partial charge is 0.444 e. The fraction of sp³-hybridized carbons (Fsp3) is 0.423. The lowest BCUT2D eigenvalue weighted by Crippen LogP contribution is -2.46. The quantitative estimate of drug-likeness (QED) is 0.537. The van der Waals surface area contributed by atoms with Crippen molar-refractivity contribution in [3.63, 3.8) is 0 Å². The zero-order valence-electron chi connectivity index (χ0n) is 20.1. The monoisotopic (exact) mass is 466 g/mol. The molecule has 8 nitrogen and oxygen atoms in total. The van der Waals surface area contributed by atoms with Gasteiger partial charge in [0.25, 0.3) is 5.91 Å². The number of carbonyl (C=O) groups is 3. The Morgan fingerprint density at radius 1 is 0.971 bits per heavy atom. The summed E-state index contributed by atoms with van der Waals surface area (Å²) in [4.78, 5) is 39.5. The van der Waals surface area contributed by atoms with Crippen molar-refractivity contribution in [1.82, 2.24) is 15.5 Å². The van der Waals surface area contributed by atoms with Gasteiger partial charge >= 0.3 is 6.09 Å². The Morgan fingerprint density at radius 2 is 1.65 bits per heavy atom. The van der Waals surface area contributed by atoms with E-state index in [2.05, 4.69) is 16.0 Å². The van der Waals surface area contributed by atoms with E-state index >= 15 is 0 Å². The van der Waals surface area contributed by atoms with Crippen LogP contribution in [-0.2, 0) is 9.53 Å². The van der Waals surface area contributed by atoms with E-state index in [-0.39, 0.29) is 24.3 Å². The third kappa shape index (κ3) is 7.50. The first kappa shape index (κ1) is 25.1. The second-order valence-electron chi connectivity index (χ2n) is 9.35. The predicted octanol–water partition coefficient (Wildman–Crippen LogP) is 3.92. The summed E-state index contributed by atoms with van der Waals surface area (Å²) in [5.41, 5.74) is 1.65. The lowest BCUT2D eigenvalue weighted by Gasteiger charge is -2.32. The van der Waals surface area contributed by atoms with Crippen molar-refractivity contribution in [3.05, 3.63) is 60.2 Å². The highest BCUT2D eigenvalue weighted by molar-refractivity contribution is 6.00. The van der Waals surface area contributed by atoms with Crippen molar-refractivity contribution in [1.29, 1.82) is 0 Å². The van der Waals surface area contributed by atoms with Crippen LogP contribution in [-0.4, -0.2) is 54.6 Å². The number of para-hydroxylation sites is 2. The van der Waals surface area contributed by atoms with Crippen molar-refractivity contribution < 1.29 is 19.1 Å². The molecule has 0 bridgehead atoms. The van der Waals surface area contributed by atoms with Gasteiger partial charge in [0.15, 0.2) is 0 Å². The van der Waals surface area contributed by atoms with Gasteiger partial charge < -0.3 is 25.6 Å². The normalized spacial score (nSPS) is 15.9. The van der Waals surface area contributed by atoms with E-state index in [4.69, 9.17) is 4.74 Å². The molecule has 1 fully saturated rings. The molecule has 34 heavy (non-hydrogen) atoms. The minimum atomic E-state index is -0.569. The first-order chi connectivity index (χ1) is 16.2. The number of hydrogen-bond acceptors (Lipinski definition) is 5. The van der Waals surface area contributed by atoms with E-state index in [9.17, 15) is 14.4 Å². The molecule has 0 radical (unpaired) electrons. The maximum absolute atomic E-state index is 13.3. The molecule has 0 saturated carbocycles. The average molecular weight is 467 g/mol. The molecule has 182 valence electrons. The Bertz CT molecular complexity index is 988. The molecular weight excluding hydrogens is 432 g/mol. The molecule has 1 saturated heterocycles. The van der Waals surface area contributed by atoms with E-state index in [0.29, 0.717) is 25.2 Å². The highest BCUT2D eigenvalue weighted by atomic mass is 16.6. The molecule has 1 unspecified atom stereocenters. The van der Waals surface area contributed by atoms with Crippen molar-refractivity contribution in [2.75, 3.05) is 31.5 Å². The Hall–Kier alpha value is -3.55. The van der Waals surface area contributed by atoms with Crippen LogP contribution in [0.15, 0.2) is 54.6 Å². The maximum atomic E-state index is 13.3. The summed E-state index contributed by atoms with van der Waals surface area (Å²) < 4.78 is 5.18. The van der Waals surface area contributed by atoms with Gasteiger partial charge in [-0.25, -0.2) is 4.79 Å². The van der Waals surface area contributed by atoms with Gasteiger partial charge in [-0.05, 0) is 57.9 Å². The Kier molecular flexibility index (Phi) is 8.51. The van der Waals surface area contributed by atoms with Crippen LogP contribution >= 0.6 is 0 Å². The van der Waals surface area contributed by atoms with Gasteiger partial charge in [0.2, 0.25) is 5.91 Å². The molecule has 3 amide bonds. The van der Waals surface area contributed by atoms with Gasteiger partial charge in [-0.15, -0.1) is 0 Å². The van der Waals surface area contributed by atoms with Gasteiger partial charge in [-0.3, -0.25) is 9.59 Å². The summed E-state index contributed by atoms with van der Waals surface area (Å²) in [6.45, 7) is 6.93. The first-order valence-corrected chi connectivity index (χ1v) is 11.7. The Balaban J connectivity index is 1.53. The van der Waals surface area contributed by atoms with Gasteiger partial charge in [0.05, 0.1) is 17.2 Å². The van der Waals surface area contributed by atoms with Crippen LogP contribution in [0.5, 0.6) is 0 Å². The highest BCUT2D eigenvalue weighted by Gasteiger charge is 2.29. The smallest absolute Gasteiger partial charge is 0.407 e. The molecule has 3 rings (SSSR count). The summed E-state index contributed by atoms with van der Waals surface area (Å²) in [5.74, 6) is -0.490. The molecule has 2 aromatic carbocycles.